The average molecular weight is 432 g/mol. The third kappa shape index (κ3) is 3.64. The van der Waals surface area contributed by atoms with Crippen LogP contribution in [0.15, 0.2) is 72.9 Å². The Kier molecular flexibility index (Phi) is 4.88. The number of carbonyl (C=O) groups excluding carboxylic acids is 2. The van der Waals surface area contributed by atoms with E-state index >= 15 is 0 Å². The summed E-state index contributed by atoms with van der Waals surface area (Å²) in [6.45, 7) is 0.290. The van der Waals surface area contributed by atoms with Gasteiger partial charge in [0.15, 0.2) is 0 Å². The molecule has 0 aliphatic carbocycles. The molecular weight excluding hydrogens is 414 g/mol. The molecule has 2 aromatic carbocycles. The molecule has 0 bridgehead atoms. The van der Waals surface area contributed by atoms with Gasteiger partial charge in [-0.1, -0.05) is 29.8 Å². The second-order valence-electron chi connectivity index (χ2n) is 7.29. The van der Waals surface area contributed by atoms with Crippen molar-refractivity contribution in [1.82, 2.24) is 14.5 Å². The van der Waals surface area contributed by atoms with E-state index in [-0.39, 0.29) is 24.8 Å². The average Bonchev–Trinajstić information content (AvgIpc) is 3.27. The van der Waals surface area contributed by atoms with Gasteiger partial charge >= 0.3 is 0 Å². The number of imidazole rings is 1. The molecule has 7 nitrogen and oxygen atoms in total. The lowest BCUT2D eigenvalue weighted by molar-refractivity contribution is -0.124. The number of anilines is 2. The lowest BCUT2D eigenvalue weighted by Crippen LogP contribution is -2.31. The van der Waals surface area contributed by atoms with Crippen LogP contribution < -0.4 is 10.2 Å². The molecule has 0 saturated heterocycles. The van der Waals surface area contributed by atoms with E-state index in [1.54, 1.807) is 35.4 Å². The number of rotatable bonds is 5. The standard InChI is InChI=1S/C23H18ClN5O2/c24-15-8-10-16(11-9-15)26-21(30)13-20-22(31)28(14-17-5-3-4-12-25-17)23-27-18-6-1-2-7-19(18)29(20)23/h1-12,20H,13-14H2,(H,26,30)/t20-/m0/s1. The zero-order chi connectivity index (χ0) is 21.4. The molecule has 0 saturated carbocycles. The van der Waals surface area contributed by atoms with E-state index < -0.39 is 6.04 Å². The number of aromatic nitrogens is 3. The van der Waals surface area contributed by atoms with Gasteiger partial charge in [-0.25, -0.2) is 4.98 Å². The minimum Gasteiger partial charge on any atom is -0.326 e. The third-order valence-corrected chi connectivity index (χ3v) is 5.49. The van der Waals surface area contributed by atoms with Crippen molar-refractivity contribution in [3.8, 4) is 0 Å². The molecule has 1 aliphatic heterocycles. The summed E-state index contributed by atoms with van der Waals surface area (Å²) in [4.78, 5) is 36.7. The van der Waals surface area contributed by atoms with E-state index in [0.29, 0.717) is 16.7 Å². The molecule has 0 radical (unpaired) electrons. The maximum atomic E-state index is 13.3. The number of carbonyl (C=O) groups is 2. The van der Waals surface area contributed by atoms with Crippen LogP contribution in [-0.2, 0) is 16.1 Å². The smallest absolute Gasteiger partial charge is 0.253 e. The molecule has 1 N–H and O–H groups in total. The van der Waals surface area contributed by atoms with E-state index in [2.05, 4.69) is 15.3 Å². The van der Waals surface area contributed by atoms with Crippen LogP contribution in [0.3, 0.4) is 0 Å². The Balaban J connectivity index is 1.46. The Morgan fingerprint density at radius 1 is 1.03 bits per heavy atom. The number of pyridine rings is 1. The summed E-state index contributed by atoms with van der Waals surface area (Å²) in [5, 5.41) is 3.42. The maximum absolute atomic E-state index is 13.3. The van der Waals surface area contributed by atoms with Crippen LogP contribution in [0, 0.1) is 0 Å². The first-order valence-electron chi connectivity index (χ1n) is 9.84. The van der Waals surface area contributed by atoms with Gasteiger partial charge in [-0.2, -0.15) is 0 Å². The van der Waals surface area contributed by atoms with Crippen molar-refractivity contribution in [2.24, 2.45) is 0 Å². The number of nitrogens with one attached hydrogen (secondary N) is 1. The van der Waals surface area contributed by atoms with E-state index in [1.807, 2.05) is 47.0 Å². The lowest BCUT2D eigenvalue weighted by Gasteiger charge is -2.15. The van der Waals surface area contributed by atoms with E-state index in [9.17, 15) is 9.59 Å². The molecule has 0 spiro atoms. The number of para-hydroxylation sites is 2. The van der Waals surface area contributed by atoms with Crippen LogP contribution in [0.5, 0.6) is 0 Å². The summed E-state index contributed by atoms with van der Waals surface area (Å²) in [5.41, 5.74) is 2.97. The molecule has 154 valence electrons. The van der Waals surface area contributed by atoms with Crippen LogP contribution in [0.4, 0.5) is 11.6 Å². The Hall–Kier alpha value is -3.71. The highest BCUT2D eigenvalue weighted by Gasteiger charge is 2.41. The summed E-state index contributed by atoms with van der Waals surface area (Å²) in [7, 11) is 0. The maximum Gasteiger partial charge on any atom is 0.253 e. The SMILES string of the molecule is O=C(C[C@H]1C(=O)N(Cc2ccccn2)c2nc3ccccc3n21)Nc1ccc(Cl)cc1. The van der Waals surface area contributed by atoms with Crippen molar-refractivity contribution < 1.29 is 9.59 Å². The Morgan fingerprint density at radius 2 is 1.81 bits per heavy atom. The van der Waals surface area contributed by atoms with Crippen molar-refractivity contribution >= 4 is 46.1 Å². The lowest BCUT2D eigenvalue weighted by atomic mass is 10.1. The number of nitrogens with zero attached hydrogens (tertiary/aromatic N) is 4. The third-order valence-electron chi connectivity index (χ3n) is 5.23. The number of hydrogen-bond donors (Lipinski definition) is 1. The number of halogens is 1. The molecule has 8 heteroatoms. The molecule has 31 heavy (non-hydrogen) atoms. The molecule has 2 aromatic heterocycles. The molecule has 0 fully saturated rings. The predicted octanol–water partition coefficient (Wildman–Crippen LogP) is 4.20. The van der Waals surface area contributed by atoms with Gasteiger partial charge in [-0.05, 0) is 48.5 Å². The highest BCUT2D eigenvalue weighted by molar-refractivity contribution is 6.30. The molecule has 0 unspecified atom stereocenters. The Labute approximate surface area is 183 Å². The zero-order valence-electron chi connectivity index (χ0n) is 16.4. The first-order valence-corrected chi connectivity index (χ1v) is 10.2. The summed E-state index contributed by atoms with van der Waals surface area (Å²) >= 11 is 5.91. The molecular formula is C23H18ClN5O2. The number of amides is 2. The van der Waals surface area contributed by atoms with Gasteiger partial charge in [0, 0.05) is 16.9 Å². The highest BCUT2D eigenvalue weighted by atomic mass is 35.5. The van der Waals surface area contributed by atoms with Crippen molar-refractivity contribution in [2.45, 2.75) is 19.0 Å². The van der Waals surface area contributed by atoms with Crippen molar-refractivity contribution in [3.63, 3.8) is 0 Å². The molecule has 1 aliphatic rings. The predicted molar refractivity (Wildman–Crippen MR) is 119 cm³/mol. The van der Waals surface area contributed by atoms with Crippen LogP contribution in [0.25, 0.3) is 11.0 Å². The largest absolute Gasteiger partial charge is 0.326 e. The van der Waals surface area contributed by atoms with Crippen molar-refractivity contribution in [1.29, 1.82) is 0 Å². The first-order chi connectivity index (χ1) is 15.1. The van der Waals surface area contributed by atoms with Crippen LogP contribution in [-0.4, -0.2) is 26.3 Å². The Bertz CT molecular complexity index is 1270. The summed E-state index contributed by atoms with van der Waals surface area (Å²) < 4.78 is 1.85. The second-order valence-corrected chi connectivity index (χ2v) is 7.73. The summed E-state index contributed by atoms with van der Waals surface area (Å²) in [6.07, 6.45) is 1.68. The van der Waals surface area contributed by atoms with Crippen LogP contribution in [0.2, 0.25) is 5.02 Å². The van der Waals surface area contributed by atoms with Gasteiger partial charge in [-0.3, -0.25) is 24.0 Å². The fraction of sp³-hybridized carbons (Fsp3) is 0.130. The van der Waals surface area contributed by atoms with E-state index in [1.165, 1.54) is 0 Å². The van der Waals surface area contributed by atoms with Crippen LogP contribution >= 0.6 is 11.6 Å². The molecule has 3 heterocycles. The van der Waals surface area contributed by atoms with Gasteiger partial charge in [0.2, 0.25) is 11.9 Å². The zero-order valence-corrected chi connectivity index (χ0v) is 17.2. The first kappa shape index (κ1) is 19.3. The highest BCUT2D eigenvalue weighted by Crippen LogP contribution is 2.37. The number of fused-ring (bicyclic) bond motifs is 3. The van der Waals surface area contributed by atoms with Crippen molar-refractivity contribution in [3.05, 3.63) is 83.6 Å². The minimum absolute atomic E-state index is 0.00642. The monoisotopic (exact) mass is 431 g/mol. The molecule has 2 amide bonds. The second kappa shape index (κ2) is 7.85. The van der Waals surface area contributed by atoms with E-state index in [4.69, 9.17) is 11.6 Å². The number of benzene rings is 2. The minimum atomic E-state index is -0.682. The topological polar surface area (TPSA) is 80.1 Å². The van der Waals surface area contributed by atoms with Crippen molar-refractivity contribution in [2.75, 3.05) is 10.2 Å². The van der Waals surface area contributed by atoms with Crippen LogP contribution in [0.1, 0.15) is 18.2 Å². The summed E-state index contributed by atoms with van der Waals surface area (Å²) in [5.74, 6) is 0.0930. The normalized spacial score (nSPS) is 15.3. The van der Waals surface area contributed by atoms with Gasteiger partial charge < -0.3 is 5.32 Å². The molecule has 5 rings (SSSR count). The van der Waals surface area contributed by atoms with Gasteiger partial charge in [0.1, 0.15) is 6.04 Å². The van der Waals surface area contributed by atoms with Gasteiger partial charge in [0.05, 0.1) is 29.7 Å². The fourth-order valence-electron chi connectivity index (χ4n) is 3.82. The quantitative estimate of drug-likeness (QED) is 0.513. The van der Waals surface area contributed by atoms with Gasteiger partial charge in [0.25, 0.3) is 5.91 Å². The Morgan fingerprint density at radius 3 is 2.58 bits per heavy atom. The molecule has 4 aromatic rings. The summed E-state index contributed by atoms with van der Waals surface area (Å²) in [6, 6.07) is 19.3. The van der Waals surface area contributed by atoms with E-state index in [0.717, 1.165) is 16.7 Å². The fourth-order valence-corrected chi connectivity index (χ4v) is 3.95. The number of hydrogen-bond acceptors (Lipinski definition) is 4. The van der Waals surface area contributed by atoms with Gasteiger partial charge in [-0.15, -0.1) is 0 Å². The molecule has 1 atom stereocenters.